The highest BCUT2D eigenvalue weighted by Gasteiger charge is 2.35. The van der Waals surface area contributed by atoms with Crippen LogP contribution in [0.25, 0.3) is 0 Å². The van der Waals surface area contributed by atoms with Crippen LogP contribution >= 0.6 is 10.9 Å². The Balaban J connectivity index is 1.95. The lowest BCUT2D eigenvalue weighted by Crippen LogP contribution is -2.24. The maximum absolute atomic E-state index is 11.6. The van der Waals surface area contributed by atoms with Crippen LogP contribution in [0, 0.1) is 13.8 Å². The average molecular weight is 288 g/mol. The number of ether oxygens (including phenoxy) is 2. The summed E-state index contributed by atoms with van der Waals surface area (Å²) in [5, 5.41) is 0. The molecule has 1 aromatic rings. The molecule has 0 aromatic heterocycles. The normalized spacial score (nSPS) is 22.8. The van der Waals surface area contributed by atoms with Crippen LogP contribution < -0.4 is 4.74 Å². The summed E-state index contributed by atoms with van der Waals surface area (Å²) in [4.78, 5) is 11.6. The minimum Gasteiger partial charge on any atom is -0.427 e. The first-order valence-electron chi connectivity index (χ1n) is 5.72. The lowest BCUT2D eigenvalue weighted by molar-refractivity contribution is 0.0565. The van der Waals surface area contributed by atoms with Gasteiger partial charge in [0.1, 0.15) is 18.5 Å². The average Bonchev–Trinajstić information content (AvgIpc) is 2.63. The third-order valence-electron chi connectivity index (χ3n) is 2.70. The van der Waals surface area contributed by atoms with E-state index in [-0.39, 0.29) is 12.4 Å². The van der Waals surface area contributed by atoms with Gasteiger partial charge in [0.25, 0.3) is 0 Å². The Morgan fingerprint density at radius 1 is 1.37 bits per heavy atom. The molecule has 106 valence electrons. The fraction of sp³-hybridized carbons (Fsp3) is 0.417. The van der Waals surface area contributed by atoms with Crippen molar-refractivity contribution in [2.75, 3.05) is 12.4 Å². The first-order valence-corrected chi connectivity index (χ1v) is 7.36. The van der Waals surface area contributed by atoms with E-state index in [2.05, 4.69) is 0 Å². The van der Waals surface area contributed by atoms with Crippen molar-refractivity contribution < 1.29 is 27.6 Å². The van der Waals surface area contributed by atoms with Crippen molar-refractivity contribution in [3.63, 3.8) is 0 Å². The summed E-state index contributed by atoms with van der Waals surface area (Å²) < 4.78 is 33.3. The fourth-order valence-electron chi connectivity index (χ4n) is 1.79. The van der Waals surface area contributed by atoms with Crippen LogP contribution in [0.3, 0.4) is 0 Å². The molecule has 0 amide bonds. The zero-order chi connectivity index (χ0) is 14.0. The summed E-state index contributed by atoms with van der Waals surface area (Å²) in [6.07, 6.45) is -1.56. The number of hydrogen-bond donors (Lipinski definition) is 2. The van der Waals surface area contributed by atoms with Gasteiger partial charge in [0.15, 0.2) is 0 Å². The first-order chi connectivity index (χ1) is 8.87. The van der Waals surface area contributed by atoms with Gasteiger partial charge in [0, 0.05) is 0 Å². The van der Waals surface area contributed by atoms with E-state index in [4.69, 9.17) is 13.7 Å². The molecule has 2 N–H and O–H groups in total. The summed E-state index contributed by atoms with van der Waals surface area (Å²) in [6.45, 7) is 3.61. The molecule has 0 saturated carbocycles. The standard InChI is InChI=1S/C12H16O6S/c1-8-4-3-5-9(2)11(8)18-12(13)17-10-6-16-19(14,15)7-10/h3-5,10,14-15H,6-7H2,1-2H3. The lowest BCUT2D eigenvalue weighted by atomic mass is 10.1. The monoisotopic (exact) mass is 288 g/mol. The minimum absolute atomic E-state index is 0.0375. The molecule has 0 spiro atoms. The van der Waals surface area contributed by atoms with Gasteiger partial charge in [-0.3, -0.25) is 4.18 Å². The molecule has 7 heteroatoms. The van der Waals surface area contributed by atoms with Crippen molar-refractivity contribution in [2.24, 2.45) is 0 Å². The van der Waals surface area contributed by atoms with Gasteiger partial charge >= 0.3 is 6.16 Å². The van der Waals surface area contributed by atoms with E-state index in [1.807, 2.05) is 32.0 Å². The lowest BCUT2D eigenvalue weighted by Gasteiger charge is -2.17. The van der Waals surface area contributed by atoms with Crippen LogP contribution in [0.5, 0.6) is 5.75 Å². The van der Waals surface area contributed by atoms with Gasteiger partial charge in [0.05, 0.1) is 16.6 Å². The molecule has 1 atom stereocenters. The largest absolute Gasteiger partial charge is 0.514 e. The summed E-state index contributed by atoms with van der Waals surface area (Å²) >= 11 is 0. The van der Waals surface area contributed by atoms with E-state index in [1.54, 1.807) is 0 Å². The van der Waals surface area contributed by atoms with Crippen LogP contribution in [-0.4, -0.2) is 33.7 Å². The number of hydrogen-bond acceptors (Lipinski definition) is 6. The van der Waals surface area contributed by atoms with E-state index < -0.39 is 23.1 Å². The van der Waals surface area contributed by atoms with Crippen LogP contribution in [0.1, 0.15) is 11.1 Å². The number of para-hydroxylation sites is 1. The van der Waals surface area contributed by atoms with Crippen LogP contribution in [0.2, 0.25) is 0 Å². The Kier molecular flexibility index (Phi) is 4.00. The van der Waals surface area contributed by atoms with Gasteiger partial charge in [-0.25, -0.2) is 4.79 Å². The Morgan fingerprint density at radius 3 is 2.53 bits per heavy atom. The fourth-order valence-corrected chi connectivity index (χ4v) is 2.91. The summed E-state index contributed by atoms with van der Waals surface area (Å²) in [5.74, 6) is 0.340. The summed E-state index contributed by atoms with van der Waals surface area (Å²) in [7, 11) is -3.06. The molecule has 0 radical (unpaired) electrons. The minimum atomic E-state index is -3.06. The molecule has 1 fully saturated rings. The van der Waals surface area contributed by atoms with Gasteiger partial charge in [-0.2, -0.15) is 0 Å². The van der Waals surface area contributed by atoms with Crippen molar-refractivity contribution in [3.05, 3.63) is 29.3 Å². The quantitative estimate of drug-likeness (QED) is 0.643. The molecular formula is C12H16O6S. The second kappa shape index (κ2) is 5.38. The Labute approximate surface area is 112 Å². The zero-order valence-corrected chi connectivity index (χ0v) is 11.5. The van der Waals surface area contributed by atoms with Crippen molar-refractivity contribution >= 4 is 17.0 Å². The topological polar surface area (TPSA) is 85.2 Å². The van der Waals surface area contributed by atoms with Crippen molar-refractivity contribution in [3.8, 4) is 5.75 Å². The summed E-state index contributed by atoms with van der Waals surface area (Å²) in [6, 6.07) is 5.51. The molecule has 19 heavy (non-hydrogen) atoms. The number of rotatable bonds is 2. The molecular weight excluding hydrogens is 272 g/mol. The van der Waals surface area contributed by atoms with Crippen molar-refractivity contribution in [2.45, 2.75) is 20.0 Å². The smallest absolute Gasteiger partial charge is 0.427 e. The zero-order valence-electron chi connectivity index (χ0n) is 10.7. The van der Waals surface area contributed by atoms with E-state index in [0.717, 1.165) is 11.1 Å². The highest BCUT2D eigenvalue weighted by atomic mass is 32.3. The molecule has 1 aliphatic heterocycles. The molecule has 1 aromatic carbocycles. The van der Waals surface area contributed by atoms with Crippen molar-refractivity contribution in [1.82, 2.24) is 0 Å². The number of benzene rings is 1. The van der Waals surface area contributed by atoms with E-state index >= 15 is 0 Å². The summed E-state index contributed by atoms with van der Waals surface area (Å²) in [5.41, 5.74) is 1.65. The maximum Gasteiger partial charge on any atom is 0.514 e. The van der Waals surface area contributed by atoms with Gasteiger partial charge < -0.3 is 18.6 Å². The molecule has 1 unspecified atom stereocenters. The Bertz CT molecular complexity index is 467. The molecule has 1 aliphatic rings. The van der Waals surface area contributed by atoms with E-state index in [0.29, 0.717) is 5.75 Å². The molecule has 0 bridgehead atoms. The van der Waals surface area contributed by atoms with Gasteiger partial charge in [-0.05, 0) is 25.0 Å². The first kappa shape index (κ1) is 14.1. The van der Waals surface area contributed by atoms with E-state index in [9.17, 15) is 13.9 Å². The van der Waals surface area contributed by atoms with Crippen LogP contribution in [-0.2, 0) is 8.92 Å². The Hall–Kier alpha value is -1.28. The molecule has 1 heterocycles. The highest BCUT2D eigenvalue weighted by molar-refractivity contribution is 8.20. The third-order valence-corrected chi connectivity index (χ3v) is 4.02. The number of aryl methyl sites for hydroxylation is 2. The van der Waals surface area contributed by atoms with Crippen LogP contribution in [0.15, 0.2) is 18.2 Å². The maximum atomic E-state index is 11.6. The highest BCUT2D eigenvalue weighted by Crippen LogP contribution is 2.46. The second-order valence-electron chi connectivity index (χ2n) is 4.37. The number of carbonyl (C=O) groups excluding carboxylic acids is 1. The van der Waals surface area contributed by atoms with E-state index in [1.165, 1.54) is 0 Å². The van der Waals surface area contributed by atoms with Gasteiger partial charge in [0.2, 0.25) is 0 Å². The third kappa shape index (κ3) is 3.60. The van der Waals surface area contributed by atoms with Crippen LogP contribution in [0.4, 0.5) is 4.79 Å². The van der Waals surface area contributed by atoms with Gasteiger partial charge in [-0.1, -0.05) is 18.2 Å². The Morgan fingerprint density at radius 2 is 2.00 bits per heavy atom. The molecule has 6 nitrogen and oxygen atoms in total. The second-order valence-corrected chi connectivity index (χ2v) is 6.15. The van der Waals surface area contributed by atoms with Crippen molar-refractivity contribution in [1.29, 1.82) is 0 Å². The van der Waals surface area contributed by atoms with Gasteiger partial charge in [-0.15, -0.1) is 0 Å². The number of carbonyl (C=O) groups is 1. The predicted molar refractivity (Wildman–Crippen MR) is 70.5 cm³/mol. The molecule has 2 rings (SSSR count). The molecule has 0 aliphatic carbocycles. The molecule has 1 saturated heterocycles. The SMILES string of the molecule is Cc1cccc(C)c1OC(=O)OC1COS(O)(O)C1. The predicted octanol–water partition coefficient (Wildman–Crippen LogP) is 2.88.